The van der Waals surface area contributed by atoms with Crippen molar-refractivity contribution in [1.29, 1.82) is 0 Å². The van der Waals surface area contributed by atoms with Crippen LogP contribution in [0.4, 0.5) is 0 Å². The van der Waals surface area contributed by atoms with Gasteiger partial charge in [-0.05, 0) is 18.2 Å². The molecular weight excluding hydrogens is 336 g/mol. The highest BCUT2D eigenvalue weighted by molar-refractivity contribution is 5.93. The van der Waals surface area contributed by atoms with Gasteiger partial charge in [0.05, 0.1) is 18.3 Å². The summed E-state index contributed by atoms with van der Waals surface area (Å²) in [5.74, 6) is -0.195. The number of methoxy groups -OCH3 is 1. The molecule has 0 aliphatic rings. The number of nitrogens with one attached hydrogen (secondary N) is 2. The lowest BCUT2D eigenvalue weighted by molar-refractivity contribution is 0.0890. The number of carbonyl (C=O) groups excluding carboxylic acids is 1. The van der Waals surface area contributed by atoms with Crippen LogP contribution in [0.2, 0.25) is 0 Å². The summed E-state index contributed by atoms with van der Waals surface area (Å²) in [7, 11) is 3.30. The first-order chi connectivity index (χ1) is 12.6. The minimum atomic E-state index is -0.542. The minimum Gasteiger partial charge on any atom is -0.382 e. The third-order valence-electron chi connectivity index (χ3n) is 3.83. The van der Waals surface area contributed by atoms with E-state index in [9.17, 15) is 9.59 Å². The van der Waals surface area contributed by atoms with Gasteiger partial charge in [0, 0.05) is 44.5 Å². The second kappa shape index (κ2) is 7.70. The first-order valence-electron chi connectivity index (χ1n) is 7.87. The highest BCUT2D eigenvalue weighted by Gasteiger charge is 2.20. The molecule has 1 amide bonds. The molecule has 3 aromatic rings. The lowest BCUT2D eigenvalue weighted by Gasteiger charge is -2.18. The van der Waals surface area contributed by atoms with Crippen LogP contribution >= 0.6 is 0 Å². The summed E-state index contributed by atoms with van der Waals surface area (Å²) in [5.41, 5.74) is 0.804. The van der Waals surface area contributed by atoms with Gasteiger partial charge in [-0.25, -0.2) is 4.98 Å². The molecule has 0 aliphatic carbocycles. The summed E-state index contributed by atoms with van der Waals surface area (Å²) >= 11 is 0. The first kappa shape index (κ1) is 17.5. The highest BCUT2D eigenvalue weighted by Crippen LogP contribution is 2.13. The Morgan fingerprint density at radius 3 is 2.81 bits per heavy atom. The molecule has 134 valence electrons. The molecular formula is C17H18N6O3. The van der Waals surface area contributed by atoms with Gasteiger partial charge in [0.2, 0.25) is 0 Å². The van der Waals surface area contributed by atoms with E-state index in [-0.39, 0.29) is 12.2 Å². The van der Waals surface area contributed by atoms with Crippen LogP contribution in [0, 0.1) is 0 Å². The molecule has 0 saturated heterocycles. The molecule has 0 bridgehead atoms. The fourth-order valence-electron chi connectivity index (χ4n) is 2.54. The molecule has 0 aliphatic heterocycles. The van der Waals surface area contributed by atoms with Crippen molar-refractivity contribution in [2.45, 2.75) is 6.04 Å². The maximum absolute atomic E-state index is 12.5. The molecule has 1 unspecified atom stereocenters. The first-order valence-corrected chi connectivity index (χ1v) is 7.87. The van der Waals surface area contributed by atoms with E-state index in [0.29, 0.717) is 11.4 Å². The maximum atomic E-state index is 12.5. The van der Waals surface area contributed by atoms with Gasteiger partial charge in [-0.15, -0.1) is 0 Å². The zero-order valence-electron chi connectivity index (χ0n) is 14.3. The average molecular weight is 354 g/mol. The lowest BCUT2D eigenvalue weighted by Crippen LogP contribution is -2.36. The smallest absolute Gasteiger partial charge is 0.264 e. The SMILES string of the molecule is COCC(NC(=O)c1cnc(-c2cccnc2)[nH]c1=O)c1ccnn1C. The number of aryl methyl sites for hydroxylation is 1. The molecule has 9 heteroatoms. The van der Waals surface area contributed by atoms with Crippen molar-refractivity contribution in [2.24, 2.45) is 7.05 Å². The van der Waals surface area contributed by atoms with E-state index in [1.54, 1.807) is 48.5 Å². The molecule has 3 aromatic heterocycles. The van der Waals surface area contributed by atoms with E-state index in [1.165, 1.54) is 13.3 Å². The third-order valence-corrected chi connectivity index (χ3v) is 3.83. The Hall–Kier alpha value is -3.33. The van der Waals surface area contributed by atoms with Crippen molar-refractivity contribution in [3.05, 3.63) is 64.6 Å². The number of H-pyrrole nitrogens is 1. The molecule has 3 rings (SSSR count). The summed E-state index contributed by atoms with van der Waals surface area (Å²) < 4.78 is 6.80. The Balaban J connectivity index is 1.83. The normalized spacial score (nSPS) is 11.9. The van der Waals surface area contributed by atoms with Gasteiger partial charge in [0.1, 0.15) is 11.4 Å². The number of hydrogen-bond donors (Lipinski definition) is 2. The van der Waals surface area contributed by atoms with Crippen LogP contribution in [0.1, 0.15) is 22.1 Å². The van der Waals surface area contributed by atoms with Crippen LogP contribution in [-0.2, 0) is 11.8 Å². The zero-order valence-corrected chi connectivity index (χ0v) is 14.3. The van der Waals surface area contributed by atoms with Crippen molar-refractivity contribution in [2.75, 3.05) is 13.7 Å². The molecule has 9 nitrogen and oxygen atoms in total. The fraction of sp³-hybridized carbons (Fsp3) is 0.235. The number of nitrogens with zero attached hydrogens (tertiary/aromatic N) is 4. The maximum Gasteiger partial charge on any atom is 0.264 e. The topological polar surface area (TPSA) is 115 Å². The van der Waals surface area contributed by atoms with Crippen LogP contribution in [0.3, 0.4) is 0 Å². The predicted molar refractivity (Wildman–Crippen MR) is 93.4 cm³/mol. The van der Waals surface area contributed by atoms with E-state index < -0.39 is 17.5 Å². The van der Waals surface area contributed by atoms with Crippen molar-refractivity contribution in [3.8, 4) is 11.4 Å². The Labute approximate surface area is 149 Å². The number of aromatic amines is 1. The monoisotopic (exact) mass is 354 g/mol. The van der Waals surface area contributed by atoms with Crippen LogP contribution in [0.25, 0.3) is 11.4 Å². The molecule has 0 fully saturated rings. The van der Waals surface area contributed by atoms with E-state index in [1.807, 2.05) is 0 Å². The molecule has 3 heterocycles. The van der Waals surface area contributed by atoms with Gasteiger partial charge in [-0.2, -0.15) is 5.10 Å². The number of hydrogen-bond acceptors (Lipinski definition) is 6. The summed E-state index contributed by atoms with van der Waals surface area (Å²) in [4.78, 5) is 35.6. The molecule has 2 N–H and O–H groups in total. The molecule has 0 aromatic carbocycles. The Kier molecular flexibility index (Phi) is 5.18. The van der Waals surface area contributed by atoms with E-state index in [0.717, 1.165) is 5.69 Å². The number of carbonyl (C=O) groups is 1. The molecule has 1 atom stereocenters. The number of aromatic nitrogens is 5. The predicted octanol–water partition coefficient (Wildman–Crippen LogP) is 0.683. The van der Waals surface area contributed by atoms with Crippen LogP contribution in [0.15, 0.2) is 47.8 Å². The molecule has 0 spiro atoms. The quantitative estimate of drug-likeness (QED) is 0.673. The second-order valence-electron chi connectivity index (χ2n) is 5.58. The fourth-order valence-corrected chi connectivity index (χ4v) is 2.54. The number of amides is 1. The number of ether oxygens (including phenoxy) is 1. The van der Waals surface area contributed by atoms with Crippen molar-refractivity contribution in [3.63, 3.8) is 0 Å². The zero-order chi connectivity index (χ0) is 18.5. The van der Waals surface area contributed by atoms with Crippen molar-refractivity contribution < 1.29 is 9.53 Å². The summed E-state index contributed by atoms with van der Waals surface area (Å²) in [5, 5.41) is 6.87. The van der Waals surface area contributed by atoms with Crippen molar-refractivity contribution >= 4 is 5.91 Å². The van der Waals surface area contributed by atoms with E-state index >= 15 is 0 Å². The van der Waals surface area contributed by atoms with Crippen LogP contribution in [-0.4, -0.2) is 44.4 Å². The second-order valence-corrected chi connectivity index (χ2v) is 5.58. The third kappa shape index (κ3) is 3.67. The number of pyridine rings is 1. The molecule has 0 radical (unpaired) electrons. The highest BCUT2D eigenvalue weighted by atomic mass is 16.5. The Morgan fingerprint density at radius 1 is 1.35 bits per heavy atom. The summed E-state index contributed by atoms with van der Waals surface area (Å²) in [6.45, 7) is 0.240. The standard InChI is InChI=1S/C17H18N6O3/c1-23-14(5-7-20-23)13(10-26-2)21-16(24)12-9-19-15(22-17(12)25)11-4-3-6-18-8-11/h3-9,13H,10H2,1-2H3,(H,21,24)(H,19,22,25). The summed E-state index contributed by atoms with van der Waals surface area (Å²) in [6, 6.07) is 4.83. The number of rotatable bonds is 6. The van der Waals surface area contributed by atoms with E-state index in [4.69, 9.17) is 4.74 Å². The van der Waals surface area contributed by atoms with Gasteiger partial charge in [0.15, 0.2) is 0 Å². The largest absolute Gasteiger partial charge is 0.382 e. The lowest BCUT2D eigenvalue weighted by atomic mass is 10.2. The van der Waals surface area contributed by atoms with Gasteiger partial charge in [0.25, 0.3) is 11.5 Å². The summed E-state index contributed by atoms with van der Waals surface area (Å²) in [6.07, 6.45) is 6.08. The molecule has 0 saturated carbocycles. The Bertz CT molecular complexity index is 950. The van der Waals surface area contributed by atoms with Crippen molar-refractivity contribution in [1.82, 2.24) is 30.0 Å². The Morgan fingerprint density at radius 2 is 2.19 bits per heavy atom. The van der Waals surface area contributed by atoms with Gasteiger partial charge in [-0.3, -0.25) is 19.3 Å². The minimum absolute atomic E-state index is 0.0825. The van der Waals surface area contributed by atoms with Crippen LogP contribution < -0.4 is 10.9 Å². The van der Waals surface area contributed by atoms with E-state index in [2.05, 4.69) is 25.4 Å². The average Bonchev–Trinajstić information content (AvgIpc) is 3.07. The van der Waals surface area contributed by atoms with Gasteiger partial charge in [-0.1, -0.05) is 0 Å². The van der Waals surface area contributed by atoms with Gasteiger partial charge >= 0.3 is 0 Å². The van der Waals surface area contributed by atoms with Gasteiger partial charge < -0.3 is 15.0 Å². The van der Waals surface area contributed by atoms with Crippen LogP contribution in [0.5, 0.6) is 0 Å². The molecule has 26 heavy (non-hydrogen) atoms.